The summed E-state index contributed by atoms with van der Waals surface area (Å²) < 4.78 is 0. The zero-order chi connectivity index (χ0) is 14.3. The van der Waals surface area contributed by atoms with E-state index in [4.69, 9.17) is 5.11 Å². The summed E-state index contributed by atoms with van der Waals surface area (Å²) in [4.78, 5) is 20.8. The SMILES string of the molecule is Cc1cccc([N+](=O)[O-])c1NCCCCCC(=O)O. The number of nitro groups is 1. The van der Waals surface area contributed by atoms with Crippen LogP contribution in [0.15, 0.2) is 18.2 Å². The van der Waals surface area contributed by atoms with Gasteiger partial charge < -0.3 is 10.4 Å². The summed E-state index contributed by atoms with van der Waals surface area (Å²) in [5.74, 6) is -0.789. The van der Waals surface area contributed by atoms with Crippen LogP contribution in [0.4, 0.5) is 11.4 Å². The predicted octanol–water partition coefficient (Wildman–Crippen LogP) is 2.96. The number of anilines is 1. The minimum absolute atomic E-state index is 0.0746. The van der Waals surface area contributed by atoms with E-state index >= 15 is 0 Å². The number of benzene rings is 1. The average Bonchev–Trinajstić information content (AvgIpc) is 2.34. The summed E-state index contributed by atoms with van der Waals surface area (Å²) in [5.41, 5.74) is 1.45. The smallest absolute Gasteiger partial charge is 0.303 e. The van der Waals surface area contributed by atoms with Gasteiger partial charge in [0.25, 0.3) is 5.69 Å². The van der Waals surface area contributed by atoms with Crippen LogP contribution in [0.5, 0.6) is 0 Å². The maximum Gasteiger partial charge on any atom is 0.303 e. The maximum atomic E-state index is 10.9. The third kappa shape index (κ3) is 4.95. The first-order valence-corrected chi connectivity index (χ1v) is 6.22. The lowest BCUT2D eigenvalue weighted by molar-refractivity contribution is -0.384. The largest absolute Gasteiger partial charge is 0.481 e. The number of carboxylic acids is 1. The molecule has 0 atom stereocenters. The fraction of sp³-hybridized carbons (Fsp3) is 0.462. The second kappa shape index (κ2) is 7.35. The molecule has 19 heavy (non-hydrogen) atoms. The zero-order valence-electron chi connectivity index (χ0n) is 10.9. The normalized spacial score (nSPS) is 10.2. The molecule has 0 saturated carbocycles. The highest BCUT2D eigenvalue weighted by Gasteiger charge is 2.14. The van der Waals surface area contributed by atoms with E-state index in [0.29, 0.717) is 18.7 Å². The number of hydrogen-bond donors (Lipinski definition) is 2. The van der Waals surface area contributed by atoms with Crippen molar-refractivity contribution in [2.75, 3.05) is 11.9 Å². The molecule has 1 rings (SSSR count). The van der Waals surface area contributed by atoms with Crippen molar-refractivity contribution in [3.8, 4) is 0 Å². The number of nitro benzene ring substituents is 1. The van der Waals surface area contributed by atoms with E-state index in [1.807, 2.05) is 13.0 Å². The Hall–Kier alpha value is -2.11. The van der Waals surface area contributed by atoms with Crippen molar-refractivity contribution in [1.82, 2.24) is 0 Å². The van der Waals surface area contributed by atoms with Crippen LogP contribution in [0.1, 0.15) is 31.2 Å². The van der Waals surface area contributed by atoms with Gasteiger partial charge in [-0.15, -0.1) is 0 Å². The van der Waals surface area contributed by atoms with E-state index in [9.17, 15) is 14.9 Å². The molecule has 0 saturated heterocycles. The summed E-state index contributed by atoms with van der Waals surface area (Å²) in [6.45, 7) is 2.42. The molecule has 1 aromatic rings. The number of nitrogens with one attached hydrogen (secondary N) is 1. The minimum Gasteiger partial charge on any atom is -0.481 e. The fourth-order valence-corrected chi connectivity index (χ4v) is 1.83. The van der Waals surface area contributed by atoms with Gasteiger partial charge in [-0.2, -0.15) is 0 Å². The summed E-state index contributed by atoms with van der Waals surface area (Å²) in [5, 5.41) is 22.4. The third-order valence-corrected chi connectivity index (χ3v) is 2.82. The number of rotatable bonds is 8. The molecule has 0 radical (unpaired) electrons. The number of para-hydroxylation sites is 1. The highest BCUT2D eigenvalue weighted by molar-refractivity contribution is 5.66. The second-order valence-electron chi connectivity index (χ2n) is 4.36. The average molecular weight is 266 g/mol. The van der Waals surface area contributed by atoms with Crippen molar-refractivity contribution in [3.05, 3.63) is 33.9 Å². The highest BCUT2D eigenvalue weighted by atomic mass is 16.6. The molecule has 0 aliphatic heterocycles. The Morgan fingerprint density at radius 1 is 1.37 bits per heavy atom. The number of unbranched alkanes of at least 4 members (excludes halogenated alkanes) is 2. The Kier molecular flexibility index (Phi) is 5.78. The quantitative estimate of drug-likeness (QED) is 0.428. The van der Waals surface area contributed by atoms with Gasteiger partial charge in [0, 0.05) is 19.0 Å². The molecule has 2 N–H and O–H groups in total. The molecule has 0 unspecified atom stereocenters. The summed E-state index contributed by atoms with van der Waals surface area (Å²) in [6, 6.07) is 4.95. The summed E-state index contributed by atoms with van der Waals surface area (Å²) in [7, 11) is 0. The van der Waals surface area contributed by atoms with E-state index in [2.05, 4.69) is 5.32 Å². The van der Waals surface area contributed by atoms with E-state index in [-0.39, 0.29) is 12.1 Å². The van der Waals surface area contributed by atoms with Gasteiger partial charge in [-0.25, -0.2) is 0 Å². The number of hydrogen-bond acceptors (Lipinski definition) is 4. The second-order valence-corrected chi connectivity index (χ2v) is 4.36. The van der Waals surface area contributed by atoms with Crippen molar-refractivity contribution in [1.29, 1.82) is 0 Å². The minimum atomic E-state index is -0.789. The van der Waals surface area contributed by atoms with Crippen LogP contribution in [-0.4, -0.2) is 22.5 Å². The Morgan fingerprint density at radius 2 is 2.11 bits per heavy atom. The highest BCUT2D eigenvalue weighted by Crippen LogP contribution is 2.27. The number of carboxylic acid groups (broad SMARTS) is 1. The standard InChI is InChI=1S/C13H18N2O4/c1-10-6-5-7-11(15(18)19)13(10)14-9-4-2-3-8-12(16)17/h5-7,14H,2-4,8-9H2,1H3,(H,16,17). The molecule has 0 aliphatic rings. The Balaban J connectivity index is 2.45. The van der Waals surface area contributed by atoms with Crippen molar-refractivity contribution in [2.24, 2.45) is 0 Å². The lowest BCUT2D eigenvalue weighted by atomic mass is 10.1. The van der Waals surface area contributed by atoms with E-state index in [1.165, 1.54) is 6.07 Å². The molecule has 6 nitrogen and oxygen atoms in total. The van der Waals surface area contributed by atoms with Gasteiger partial charge in [-0.05, 0) is 25.3 Å². The van der Waals surface area contributed by atoms with Gasteiger partial charge in [-0.3, -0.25) is 14.9 Å². The number of carbonyl (C=O) groups is 1. The Labute approximate surface area is 111 Å². The van der Waals surface area contributed by atoms with Gasteiger partial charge in [0.05, 0.1) is 4.92 Å². The Bertz CT molecular complexity index is 460. The van der Waals surface area contributed by atoms with Crippen molar-refractivity contribution < 1.29 is 14.8 Å². The molecule has 0 amide bonds. The van der Waals surface area contributed by atoms with Crippen LogP contribution in [0.2, 0.25) is 0 Å². The molecule has 0 spiro atoms. The molecule has 0 aromatic heterocycles. The van der Waals surface area contributed by atoms with E-state index in [1.54, 1.807) is 6.07 Å². The van der Waals surface area contributed by atoms with E-state index in [0.717, 1.165) is 18.4 Å². The summed E-state index contributed by atoms with van der Waals surface area (Å²) in [6.07, 6.45) is 2.38. The zero-order valence-corrected chi connectivity index (χ0v) is 10.9. The van der Waals surface area contributed by atoms with Crippen molar-refractivity contribution >= 4 is 17.3 Å². The molecule has 1 aromatic carbocycles. The van der Waals surface area contributed by atoms with Gasteiger partial charge in [0.2, 0.25) is 0 Å². The van der Waals surface area contributed by atoms with Crippen LogP contribution < -0.4 is 5.32 Å². The first-order valence-electron chi connectivity index (χ1n) is 6.22. The monoisotopic (exact) mass is 266 g/mol. The van der Waals surface area contributed by atoms with Crippen molar-refractivity contribution in [2.45, 2.75) is 32.6 Å². The topological polar surface area (TPSA) is 92.5 Å². The van der Waals surface area contributed by atoms with Crippen LogP contribution in [-0.2, 0) is 4.79 Å². The van der Waals surface area contributed by atoms with Crippen LogP contribution in [0.3, 0.4) is 0 Å². The van der Waals surface area contributed by atoms with Crippen LogP contribution in [0, 0.1) is 17.0 Å². The van der Waals surface area contributed by atoms with Gasteiger partial charge in [0.15, 0.2) is 0 Å². The number of aliphatic carboxylic acids is 1. The molecule has 0 aliphatic carbocycles. The molecular weight excluding hydrogens is 248 g/mol. The lowest BCUT2D eigenvalue weighted by Crippen LogP contribution is -2.06. The fourth-order valence-electron chi connectivity index (χ4n) is 1.83. The first-order chi connectivity index (χ1) is 9.02. The molecule has 0 fully saturated rings. The van der Waals surface area contributed by atoms with Gasteiger partial charge in [-0.1, -0.05) is 18.6 Å². The predicted molar refractivity (Wildman–Crippen MR) is 72.4 cm³/mol. The van der Waals surface area contributed by atoms with E-state index < -0.39 is 10.9 Å². The molecular formula is C13H18N2O4. The number of aryl methyl sites for hydroxylation is 1. The molecule has 6 heteroatoms. The van der Waals surface area contributed by atoms with Gasteiger partial charge >= 0.3 is 5.97 Å². The Morgan fingerprint density at radius 3 is 2.74 bits per heavy atom. The summed E-state index contributed by atoms with van der Waals surface area (Å²) >= 11 is 0. The van der Waals surface area contributed by atoms with Crippen molar-refractivity contribution in [3.63, 3.8) is 0 Å². The van der Waals surface area contributed by atoms with Gasteiger partial charge in [0.1, 0.15) is 5.69 Å². The molecule has 0 heterocycles. The van der Waals surface area contributed by atoms with Crippen LogP contribution in [0.25, 0.3) is 0 Å². The lowest BCUT2D eigenvalue weighted by Gasteiger charge is -2.09. The maximum absolute atomic E-state index is 10.9. The third-order valence-electron chi connectivity index (χ3n) is 2.82. The first kappa shape index (κ1) is 14.9. The van der Waals surface area contributed by atoms with Crippen LogP contribution >= 0.6 is 0 Å². The molecule has 0 bridgehead atoms. The number of nitrogens with zero attached hydrogens (tertiary/aromatic N) is 1. The molecule has 104 valence electrons.